The van der Waals surface area contributed by atoms with Gasteiger partial charge in [-0.15, -0.1) is 0 Å². The zero-order valence-electron chi connectivity index (χ0n) is 17.2. The molecule has 1 amide bonds. The number of nitrogens with zero attached hydrogens (tertiary/aromatic N) is 1. The predicted octanol–water partition coefficient (Wildman–Crippen LogP) is 1.90. The van der Waals surface area contributed by atoms with Crippen LogP contribution in [0.15, 0.2) is 65.5 Å². The number of benzene rings is 2. The summed E-state index contributed by atoms with van der Waals surface area (Å²) in [6, 6.07) is 16.7. The lowest BCUT2D eigenvalue weighted by atomic mass is 10.1. The average molecular weight is 455 g/mol. The number of hydrogen-bond acceptors (Lipinski definition) is 6. The van der Waals surface area contributed by atoms with Gasteiger partial charge in [0, 0.05) is 29.6 Å². The van der Waals surface area contributed by atoms with E-state index in [0.717, 1.165) is 11.6 Å². The molecule has 3 aromatic rings. The SMILES string of the molecule is O=C(OCC(=O)N(Cc1ccccc1)[C@@H]1CCS(=O)(=O)C1)c1cc(=O)[nH]c2ccccc12. The Morgan fingerprint density at radius 3 is 2.50 bits per heavy atom. The maximum atomic E-state index is 13.0. The minimum Gasteiger partial charge on any atom is -0.452 e. The zero-order valence-corrected chi connectivity index (χ0v) is 18.0. The lowest BCUT2D eigenvalue weighted by molar-refractivity contribution is -0.137. The summed E-state index contributed by atoms with van der Waals surface area (Å²) in [5, 5.41) is 0.507. The topological polar surface area (TPSA) is 114 Å². The number of pyridine rings is 1. The smallest absolute Gasteiger partial charge is 0.339 e. The summed E-state index contributed by atoms with van der Waals surface area (Å²) in [6.07, 6.45) is 0.341. The van der Waals surface area contributed by atoms with Gasteiger partial charge in [-0.25, -0.2) is 13.2 Å². The normalized spacial score (nSPS) is 17.2. The fourth-order valence-corrected chi connectivity index (χ4v) is 5.61. The molecule has 0 bridgehead atoms. The molecule has 0 saturated carbocycles. The van der Waals surface area contributed by atoms with Crippen molar-refractivity contribution in [2.75, 3.05) is 18.1 Å². The molecule has 2 heterocycles. The van der Waals surface area contributed by atoms with E-state index in [4.69, 9.17) is 4.74 Å². The second-order valence-electron chi connectivity index (χ2n) is 7.73. The van der Waals surface area contributed by atoms with E-state index in [1.165, 1.54) is 4.90 Å². The maximum Gasteiger partial charge on any atom is 0.339 e. The first-order valence-corrected chi connectivity index (χ1v) is 12.0. The Morgan fingerprint density at radius 1 is 1.06 bits per heavy atom. The van der Waals surface area contributed by atoms with Crippen LogP contribution in [0.5, 0.6) is 0 Å². The molecule has 1 fully saturated rings. The van der Waals surface area contributed by atoms with Crippen molar-refractivity contribution in [3.8, 4) is 0 Å². The number of sulfone groups is 1. The van der Waals surface area contributed by atoms with E-state index >= 15 is 0 Å². The third kappa shape index (κ3) is 4.88. The molecule has 1 aliphatic heterocycles. The molecule has 1 aliphatic rings. The number of rotatable bonds is 6. The summed E-state index contributed by atoms with van der Waals surface area (Å²) in [5.74, 6) is -1.37. The molecule has 0 spiro atoms. The van der Waals surface area contributed by atoms with Gasteiger partial charge in [0.05, 0.1) is 17.1 Å². The summed E-state index contributed by atoms with van der Waals surface area (Å²) in [7, 11) is -3.21. The summed E-state index contributed by atoms with van der Waals surface area (Å²) in [4.78, 5) is 41.7. The highest BCUT2D eigenvalue weighted by atomic mass is 32.2. The number of hydrogen-bond donors (Lipinski definition) is 1. The highest BCUT2D eigenvalue weighted by Gasteiger charge is 2.35. The summed E-state index contributed by atoms with van der Waals surface area (Å²) >= 11 is 0. The molecule has 1 aromatic heterocycles. The number of ether oxygens (including phenoxy) is 1. The van der Waals surface area contributed by atoms with Crippen molar-refractivity contribution in [2.24, 2.45) is 0 Å². The van der Waals surface area contributed by atoms with E-state index in [1.807, 2.05) is 30.3 Å². The van der Waals surface area contributed by atoms with Crippen LogP contribution < -0.4 is 5.56 Å². The Hall–Kier alpha value is -3.46. The van der Waals surface area contributed by atoms with Gasteiger partial charge in [0.25, 0.3) is 5.91 Å². The second kappa shape index (κ2) is 8.96. The summed E-state index contributed by atoms with van der Waals surface area (Å²) in [5.41, 5.74) is 0.941. The number of H-pyrrole nitrogens is 1. The highest BCUT2D eigenvalue weighted by molar-refractivity contribution is 7.91. The first-order valence-electron chi connectivity index (χ1n) is 10.2. The van der Waals surface area contributed by atoms with Crippen molar-refractivity contribution >= 4 is 32.6 Å². The molecule has 2 aromatic carbocycles. The van der Waals surface area contributed by atoms with Crippen molar-refractivity contribution in [1.82, 2.24) is 9.88 Å². The van der Waals surface area contributed by atoms with Gasteiger partial charge in [0.1, 0.15) is 0 Å². The van der Waals surface area contributed by atoms with Gasteiger partial charge in [-0.05, 0) is 18.1 Å². The second-order valence-corrected chi connectivity index (χ2v) is 9.96. The minimum atomic E-state index is -3.21. The Balaban J connectivity index is 1.52. The Kier molecular flexibility index (Phi) is 6.09. The van der Waals surface area contributed by atoms with Gasteiger partial charge in [-0.2, -0.15) is 0 Å². The lowest BCUT2D eigenvalue weighted by Crippen LogP contribution is -2.42. The van der Waals surface area contributed by atoms with Crippen LogP contribution in [0, 0.1) is 0 Å². The lowest BCUT2D eigenvalue weighted by Gasteiger charge is -2.28. The van der Waals surface area contributed by atoms with Crippen LogP contribution in [0.2, 0.25) is 0 Å². The first-order chi connectivity index (χ1) is 15.3. The van der Waals surface area contributed by atoms with E-state index < -0.39 is 39.9 Å². The third-order valence-corrected chi connectivity index (χ3v) is 7.21. The number of aromatic amines is 1. The van der Waals surface area contributed by atoms with E-state index in [-0.39, 0.29) is 23.6 Å². The van der Waals surface area contributed by atoms with Crippen molar-refractivity contribution in [2.45, 2.75) is 19.0 Å². The van der Waals surface area contributed by atoms with Crippen LogP contribution in [0.25, 0.3) is 10.9 Å². The summed E-state index contributed by atoms with van der Waals surface area (Å²) < 4.78 is 29.2. The molecule has 1 N–H and O–H groups in total. The first kappa shape index (κ1) is 21.8. The van der Waals surface area contributed by atoms with Crippen molar-refractivity contribution < 1.29 is 22.7 Å². The average Bonchev–Trinajstić information content (AvgIpc) is 3.15. The molecule has 4 rings (SSSR count). The Morgan fingerprint density at radius 2 is 1.78 bits per heavy atom. The molecule has 8 nitrogen and oxygen atoms in total. The number of amides is 1. The third-order valence-electron chi connectivity index (χ3n) is 5.46. The van der Waals surface area contributed by atoms with Gasteiger partial charge in [-0.1, -0.05) is 48.5 Å². The van der Waals surface area contributed by atoms with E-state index in [2.05, 4.69) is 4.98 Å². The zero-order chi connectivity index (χ0) is 22.7. The minimum absolute atomic E-state index is 0.0226. The Bertz CT molecular complexity index is 1320. The number of esters is 1. The van der Waals surface area contributed by atoms with Gasteiger partial charge < -0.3 is 14.6 Å². The molecule has 1 atom stereocenters. The van der Waals surface area contributed by atoms with Crippen LogP contribution >= 0.6 is 0 Å². The van der Waals surface area contributed by atoms with E-state index in [0.29, 0.717) is 17.3 Å². The van der Waals surface area contributed by atoms with E-state index in [9.17, 15) is 22.8 Å². The summed E-state index contributed by atoms with van der Waals surface area (Å²) in [6.45, 7) is -0.339. The molecule has 166 valence electrons. The standard InChI is InChI=1S/C23H22N2O6S/c26-21-12-19(18-8-4-5-9-20(18)24-21)23(28)31-14-22(27)25(13-16-6-2-1-3-7-16)17-10-11-32(29,30)15-17/h1-9,12,17H,10-11,13-15H2,(H,24,26)/t17-/m1/s1. The van der Waals surface area contributed by atoms with Crippen LogP contribution in [0.1, 0.15) is 22.3 Å². The molecule has 9 heteroatoms. The van der Waals surface area contributed by atoms with Crippen LogP contribution in [0.4, 0.5) is 0 Å². The molecular weight excluding hydrogens is 432 g/mol. The van der Waals surface area contributed by atoms with E-state index in [1.54, 1.807) is 24.3 Å². The molecule has 0 unspecified atom stereocenters. The number of fused-ring (bicyclic) bond motifs is 1. The van der Waals surface area contributed by atoms with Gasteiger partial charge >= 0.3 is 5.97 Å². The number of aromatic nitrogens is 1. The van der Waals surface area contributed by atoms with Crippen LogP contribution in [-0.2, 0) is 25.9 Å². The fourth-order valence-electron chi connectivity index (χ4n) is 3.88. The molecule has 0 aliphatic carbocycles. The Labute approximate surface area is 184 Å². The van der Waals surface area contributed by atoms with Gasteiger partial charge in [0.15, 0.2) is 16.4 Å². The largest absolute Gasteiger partial charge is 0.452 e. The van der Waals surface area contributed by atoms with Crippen molar-refractivity contribution in [3.05, 3.63) is 82.1 Å². The quantitative estimate of drug-likeness (QED) is 0.569. The van der Waals surface area contributed by atoms with Crippen LogP contribution in [0.3, 0.4) is 0 Å². The maximum absolute atomic E-state index is 13.0. The monoisotopic (exact) mass is 454 g/mol. The van der Waals surface area contributed by atoms with Gasteiger partial charge in [-0.3, -0.25) is 9.59 Å². The number of carbonyl (C=O) groups excluding carboxylic acids is 2. The molecular formula is C23H22N2O6S. The van der Waals surface area contributed by atoms with Crippen LogP contribution in [-0.4, -0.2) is 54.3 Å². The number of para-hydroxylation sites is 1. The van der Waals surface area contributed by atoms with Crippen molar-refractivity contribution in [1.29, 1.82) is 0 Å². The number of nitrogens with one attached hydrogen (secondary N) is 1. The van der Waals surface area contributed by atoms with Crippen molar-refractivity contribution in [3.63, 3.8) is 0 Å². The molecule has 1 saturated heterocycles. The highest BCUT2D eigenvalue weighted by Crippen LogP contribution is 2.21. The molecule has 0 radical (unpaired) electrons. The number of carbonyl (C=O) groups is 2. The predicted molar refractivity (Wildman–Crippen MR) is 119 cm³/mol. The van der Waals surface area contributed by atoms with Gasteiger partial charge in [0.2, 0.25) is 5.56 Å². The fraction of sp³-hybridized carbons (Fsp3) is 0.261. The molecule has 32 heavy (non-hydrogen) atoms.